The summed E-state index contributed by atoms with van der Waals surface area (Å²) in [6, 6.07) is 23.5. The summed E-state index contributed by atoms with van der Waals surface area (Å²) in [5, 5.41) is 0. The largest absolute Gasteiger partial charge is 1.00 e. The Morgan fingerprint density at radius 3 is 2.55 bits per heavy atom. The third-order valence-corrected chi connectivity index (χ3v) is 7.05. The molecule has 1 atom stereocenters. The molecule has 0 aromatic heterocycles. The van der Waals surface area contributed by atoms with Crippen molar-refractivity contribution in [3.8, 4) is 0 Å². The van der Waals surface area contributed by atoms with Crippen molar-refractivity contribution in [2.75, 3.05) is 25.1 Å². The van der Waals surface area contributed by atoms with Gasteiger partial charge < -0.3 is 21.7 Å². The zero-order chi connectivity index (χ0) is 20.7. The predicted octanol–water partition coefficient (Wildman–Crippen LogP) is 0.437. The van der Waals surface area contributed by atoms with Crippen molar-refractivity contribution in [2.24, 2.45) is 0 Å². The normalized spacial score (nSPS) is 16.5. The molecule has 0 spiro atoms. The van der Waals surface area contributed by atoms with Crippen LogP contribution in [0.15, 0.2) is 82.6 Å². The number of esters is 1. The van der Waals surface area contributed by atoms with Crippen molar-refractivity contribution in [1.29, 1.82) is 0 Å². The minimum Gasteiger partial charge on any atom is -1.00 e. The zero-order valence-corrected chi connectivity index (χ0v) is 19.4. The number of halogens is 1. The summed E-state index contributed by atoms with van der Waals surface area (Å²) in [5.74, 6) is 0.635. The SMILES string of the molecule is COC(=O)c1ccc2c(c1)[S@](=O)c1ccccc1C1=[N+](Cc3ccccc3)CCN12.[Br-]. The Kier molecular flexibility index (Phi) is 6.07. The lowest BCUT2D eigenvalue weighted by atomic mass is 10.1. The van der Waals surface area contributed by atoms with Crippen LogP contribution < -0.4 is 21.9 Å². The van der Waals surface area contributed by atoms with Crippen molar-refractivity contribution < 1.29 is 35.3 Å². The van der Waals surface area contributed by atoms with E-state index < -0.39 is 16.8 Å². The molecule has 3 aromatic rings. The average Bonchev–Trinajstić information content (AvgIpc) is 3.17. The Balaban J connectivity index is 0.00000231. The molecule has 0 bridgehead atoms. The predicted molar refractivity (Wildman–Crippen MR) is 116 cm³/mol. The number of rotatable bonds is 3. The van der Waals surface area contributed by atoms with Crippen LogP contribution in [-0.2, 0) is 22.1 Å². The first kappa shape index (κ1) is 21.5. The monoisotopic (exact) mass is 496 g/mol. The van der Waals surface area contributed by atoms with Crippen molar-refractivity contribution in [1.82, 2.24) is 0 Å². The van der Waals surface area contributed by atoms with Crippen LogP contribution in [0, 0.1) is 0 Å². The zero-order valence-electron chi connectivity index (χ0n) is 17.0. The first-order valence-corrected chi connectivity index (χ1v) is 11.0. The third-order valence-electron chi connectivity index (χ3n) is 5.56. The number of nitrogens with zero attached hydrogens (tertiary/aromatic N) is 2. The third kappa shape index (κ3) is 3.72. The molecule has 31 heavy (non-hydrogen) atoms. The topological polar surface area (TPSA) is 49.6 Å². The summed E-state index contributed by atoms with van der Waals surface area (Å²) in [6.45, 7) is 2.44. The van der Waals surface area contributed by atoms with Gasteiger partial charge in [-0.2, -0.15) is 0 Å². The van der Waals surface area contributed by atoms with Gasteiger partial charge in [0.05, 0.1) is 38.8 Å². The average molecular weight is 497 g/mol. The van der Waals surface area contributed by atoms with Crippen LogP contribution in [0.2, 0.25) is 0 Å². The number of anilines is 1. The second-order valence-electron chi connectivity index (χ2n) is 7.32. The maximum absolute atomic E-state index is 13.6. The number of hydrogen-bond donors (Lipinski definition) is 0. The first-order chi connectivity index (χ1) is 14.7. The summed E-state index contributed by atoms with van der Waals surface area (Å²) < 4.78 is 20.8. The van der Waals surface area contributed by atoms with E-state index in [1.54, 1.807) is 12.1 Å². The Morgan fingerprint density at radius 1 is 1.03 bits per heavy atom. The van der Waals surface area contributed by atoms with E-state index in [0.29, 0.717) is 10.5 Å². The molecule has 2 aliphatic heterocycles. The molecule has 0 fully saturated rings. The van der Waals surface area contributed by atoms with Crippen LogP contribution in [0.5, 0.6) is 0 Å². The molecule has 5 rings (SSSR count). The fourth-order valence-corrected chi connectivity index (χ4v) is 5.57. The summed E-state index contributed by atoms with van der Waals surface area (Å²) >= 11 is 0. The molecule has 0 saturated carbocycles. The molecule has 0 amide bonds. The van der Waals surface area contributed by atoms with Crippen molar-refractivity contribution in [3.63, 3.8) is 0 Å². The molecular formula is C24H21BrN2O3S. The lowest BCUT2D eigenvalue weighted by molar-refractivity contribution is -0.533. The standard InChI is InChI=1S/C24H21N2O3S.BrH/c1-29-24(27)18-11-12-20-22(15-18)30(28)21-10-6-5-9-19(21)23-25(13-14-26(20)23)16-17-7-3-2-4-8-17;/h2-12,15H,13-14,16H2,1H3;1H/q+1;/p-1/t30-;/m1./s1. The van der Waals surface area contributed by atoms with Crippen molar-refractivity contribution >= 4 is 28.3 Å². The highest BCUT2D eigenvalue weighted by Crippen LogP contribution is 2.36. The van der Waals surface area contributed by atoms with E-state index in [1.165, 1.54) is 12.7 Å². The van der Waals surface area contributed by atoms with Gasteiger partial charge in [0.15, 0.2) is 0 Å². The van der Waals surface area contributed by atoms with Crippen molar-refractivity contribution in [3.05, 3.63) is 89.5 Å². The van der Waals surface area contributed by atoms with Crippen LogP contribution in [0.3, 0.4) is 0 Å². The van der Waals surface area contributed by atoms with Crippen LogP contribution >= 0.6 is 0 Å². The van der Waals surface area contributed by atoms with Crippen LogP contribution in [0.25, 0.3) is 0 Å². The summed E-state index contributed by atoms with van der Waals surface area (Å²) in [7, 11) is -0.0485. The van der Waals surface area contributed by atoms with Gasteiger partial charge in [-0.3, -0.25) is 4.58 Å². The lowest BCUT2D eigenvalue weighted by Gasteiger charge is -2.13. The fraction of sp³-hybridized carbons (Fsp3) is 0.167. The fourth-order valence-electron chi connectivity index (χ4n) is 4.17. The second kappa shape index (κ2) is 8.77. The molecule has 0 saturated heterocycles. The van der Waals surface area contributed by atoms with Crippen LogP contribution in [-0.4, -0.2) is 40.8 Å². The first-order valence-electron chi connectivity index (χ1n) is 9.84. The van der Waals surface area contributed by atoms with Gasteiger partial charge in [-0.1, -0.05) is 42.5 Å². The van der Waals surface area contributed by atoms with Crippen LogP contribution in [0.1, 0.15) is 21.5 Å². The molecule has 0 unspecified atom stereocenters. The van der Waals surface area contributed by atoms with E-state index in [9.17, 15) is 9.00 Å². The highest BCUT2D eigenvalue weighted by molar-refractivity contribution is 7.85. The number of methoxy groups -OCH3 is 1. The van der Waals surface area contributed by atoms with Gasteiger partial charge in [0.1, 0.15) is 25.3 Å². The molecule has 2 aliphatic rings. The van der Waals surface area contributed by atoms with E-state index in [2.05, 4.69) is 21.6 Å². The minimum absolute atomic E-state index is 0. The van der Waals surface area contributed by atoms with Crippen molar-refractivity contribution in [2.45, 2.75) is 16.3 Å². The second-order valence-corrected chi connectivity index (χ2v) is 8.74. The molecule has 2 heterocycles. The van der Waals surface area contributed by atoms with E-state index in [1.807, 2.05) is 48.5 Å². The summed E-state index contributed by atoms with van der Waals surface area (Å²) in [5.41, 5.74) is 3.49. The molecule has 7 heteroatoms. The number of ether oxygens (including phenoxy) is 1. The summed E-state index contributed by atoms with van der Waals surface area (Å²) in [6.07, 6.45) is 0. The smallest absolute Gasteiger partial charge is 0.337 e. The van der Waals surface area contributed by atoms with Crippen LogP contribution in [0.4, 0.5) is 5.69 Å². The highest BCUT2D eigenvalue weighted by atomic mass is 79.9. The summed E-state index contributed by atoms with van der Waals surface area (Å²) in [4.78, 5) is 15.7. The molecule has 5 nitrogen and oxygen atoms in total. The maximum Gasteiger partial charge on any atom is 0.337 e. The van der Waals surface area contributed by atoms with E-state index in [-0.39, 0.29) is 17.0 Å². The number of carbonyl (C=O) groups excluding carboxylic acids is 1. The van der Waals surface area contributed by atoms with E-state index in [4.69, 9.17) is 4.74 Å². The lowest BCUT2D eigenvalue weighted by Crippen LogP contribution is -3.00. The molecule has 3 aromatic carbocycles. The number of hydrogen-bond acceptors (Lipinski definition) is 4. The van der Waals surface area contributed by atoms with Gasteiger partial charge in [-0.25, -0.2) is 13.9 Å². The minimum atomic E-state index is -1.40. The van der Waals surface area contributed by atoms with Gasteiger partial charge in [-0.05, 0) is 35.9 Å². The number of fused-ring (bicyclic) bond motifs is 5. The van der Waals surface area contributed by atoms with Gasteiger partial charge in [-0.15, -0.1) is 0 Å². The van der Waals surface area contributed by atoms with E-state index in [0.717, 1.165) is 41.6 Å². The Labute approximate surface area is 194 Å². The van der Waals surface area contributed by atoms with E-state index >= 15 is 0 Å². The number of amidine groups is 1. The molecule has 158 valence electrons. The maximum atomic E-state index is 13.6. The van der Waals surface area contributed by atoms with Gasteiger partial charge in [0.2, 0.25) is 0 Å². The van der Waals surface area contributed by atoms with Gasteiger partial charge >= 0.3 is 5.97 Å². The molecule has 0 aliphatic carbocycles. The Morgan fingerprint density at radius 2 is 1.77 bits per heavy atom. The molecule has 0 N–H and O–H groups in total. The Bertz CT molecular complexity index is 1210. The number of benzene rings is 3. The number of carbonyl (C=O) groups is 1. The quantitative estimate of drug-likeness (QED) is 0.390. The van der Waals surface area contributed by atoms with Gasteiger partial charge in [0, 0.05) is 0 Å². The van der Waals surface area contributed by atoms with Gasteiger partial charge in [0.25, 0.3) is 5.84 Å². The molecular weight excluding hydrogens is 476 g/mol. The molecule has 0 radical (unpaired) electrons. The Hall–Kier alpha value is -2.77. The highest BCUT2D eigenvalue weighted by Gasteiger charge is 2.40.